The molecule has 1 unspecified atom stereocenters. The van der Waals surface area contributed by atoms with Crippen LogP contribution in [0.1, 0.15) is 41.0 Å². The number of amides is 2. The Hall–Kier alpha value is -4.13. The first-order valence-electron chi connectivity index (χ1n) is 14.7. The van der Waals surface area contributed by atoms with Crippen LogP contribution in [0, 0.1) is 6.92 Å². The number of urea groups is 1. The Morgan fingerprint density at radius 2 is 1.86 bits per heavy atom. The number of alkyl halides is 3. The fourth-order valence-corrected chi connectivity index (χ4v) is 5.95. The van der Waals surface area contributed by atoms with E-state index in [-0.39, 0.29) is 30.9 Å². The molecule has 6 rings (SSSR count). The number of hydrogen-bond donors (Lipinski definition) is 3. The van der Waals surface area contributed by atoms with Crippen molar-refractivity contribution in [2.75, 3.05) is 44.6 Å². The van der Waals surface area contributed by atoms with E-state index in [1.807, 2.05) is 17.9 Å². The molecule has 2 aliphatic rings. The van der Waals surface area contributed by atoms with Gasteiger partial charge in [0.2, 0.25) is 0 Å². The van der Waals surface area contributed by atoms with Gasteiger partial charge in [-0.25, -0.2) is 9.78 Å². The molecule has 1 saturated heterocycles. The monoisotopic (exact) mass is 608 g/mol. The molecule has 0 aliphatic carbocycles. The Labute approximate surface area is 253 Å². The van der Waals surface area contributed by atoms with Crippen LogP contribution in [-0.4, -0.2) is 75.1 Å². The normalized spacial score (nSPS) is 18.0. The third-order valence-corrected chi connectivity index (χ3v) is 8.34. The van der Waals surface area contributed by atoms with Crippen molar-refractivity contribution in [2.45, 2.75) is 39.2 Å². The van der Waals surface area contributed by atoms with Crippen LogP contribution in [0.25, 0.3) is 11.0 Å². The molecule has 44 heavy (non-hydrogen) atoms. The molecule has 1 atom stereocenters. The lowest BCUT2D eigenvalue weighted by Crippen LogP contribution is -2.45. The molecule has 2 aliphatic heterocycles. The van der Waals surface area contributed by atoms with Gasteiger partial charge in [0.15, 0.2) is 0 Å². The minimum atomic E-state index is -4.57. The van der Waals surface area contributed by atoms with Crippen molar-refractivity contribution in [1.82, 2.24) is 24.7 Å². The molecule has 3 N–H and O–H groups in total. The highest BCUT2D eigenvalue weighted by molar-refractivity contribution is 5.89. The molecule has 1 fully saturated rings. The van der Waals surface area contributed by atoms with E-state index in [2.05, 4.69) is 27.1 Å². The molecule has 9 nitrogen and oxygen atoms in total. The van der Waals surface area contributed by atoms with Crippen molar-refractivity contribution in [1.29, 1.82) is 0 Å². The van der Waals surface area contributed by atoms with Crippen molar-refractivity contribution in [3.63, 3.8) is 0 Å². The van der Waals surface area contributed by atoms with E-state index < -0.39 is 23.9 Å². The Morgan fingerprint density at radius 3 is 2.61 bits per heavy atom. The number of nitrogens with zero attached hydrogens (tertiary/aromatic N) is 4. The van der Waals surface area contributed by atoms with Crippen molar-refractivity contribution in [2.24, 2.45) is 0 Å². The van der Waals surface area contributed by atoms with E-state index in [1.54, 1.807) is 30.5 Å². The fourth-order valence-electron chi connectivity index (χ4n) is 5.95. The largest absolute Gasteiger partial charge is 0.457 e. The SMILES string of the molecule is CCN1CCN(Cc2ccc(NC(=O)N3Cc4cc(Oc5ccnc6[nH]c(C)cc56)ccc4C(O)C3)cc2C(F)(F)F)CC1. The molecule has 12 heteroatoms. The molecule has 0 spiro atoms. The summed E-state index contributed by atoms with van der Waals surface area (Å²) in [5.74, 6) is 1.13. The van der Waals surface area contributed by atoms with E-state index in [0.717, 1.165) is 36.8 Å². The average Bonchev–Trinajstić information content (AvgIpc) is 3.39. The number of H-pyrrole nitrogens is 1. The van der Waals surface area contributed by atoms with Crippen LogP contribution < -0.4 is 10.1 Å². The molecule has 4 aromatic rings. The molecular weight excluding hydrogens is 573 g/mol. The molecule has 2 aromatic carbocycles. The molecule has 0 radical (unpaired) electrons. The summed E-state index contributed by atoms with van der Waals surface area (Å²) < 4.78 is 48.4. The van der Waals surface area contributed by atoms with Crippen molar-refractivity contribution in [3.8, 4) is 11.5 Å². The number of aliphatic hydroxyl groups is 1. The van der Waals surface area contributed by atoms with Gasteiger partial charge < -0.3 is 29.9 Å². The number of halogens is 3. The Bertz CT molecular complexity index is 1660. The number of aromatic amines is 1. The number of aliphatic hydroxyl groups excluding tert-OH is 1. The van der Waals surface area contributed by atoms with Crippen LogP contribution in [0.15, 0.2) is 54.7 Å². The quantitative estimate of drug-likeness (QED) is 0.252. The molecule has 0 bridgehead atoms. The molecule has 232 valence electrons. The van der Waals surface area contributed by atoms with E-state index in [4.69, 9.17) is 4.74 Å². The zero-order valence-corrected chi connectivity index (χ0v) is 24.6. The van der Waals surface area contributed by atoms with Gasteiger partial charge in [-0.05, 0) is 66.6 Å². The fraction of sp³-hybridized carbons (Fsp3) is 0.375. The number of carbonyl (C=O) groups excluding carboxylic acids is 1. The number of carbonyl (C=O) groups is 1. The number of aryl methyl sites for hydroxylation is 1. The number of anilines is 1. The topological polar surface area (TPSA) is 97.0 Å². The first-order valence-corrected chi connectivity index (χ1v) is 14.7. The van der Waals surface area contributed by atoms with Crippen molar-refractivity contribution >= 4 is 22.8 Å². The highest BCUT2D eigenvalue weighted by Gasteiger charge is 2.35. The highest BCUT2D eigenvalue weighted by Crippen LogP contribution is 2.36. The number of aromatic nitrogens is 2. The van der Waals surface area contributed by atoms with Gasteiger partial charge in [-0.1, -0.05) is 19.1 Å². The second-order valence-corrected chi connectivity index (χ2v) is 11.4. The summed E-state index contributed by atoms with van der Waals surface area (Å²) in [5.41, 5.74) is 2.46. The van der Waals surface area contributed by atoms with Gasteiger partial charge in [-0.3, -0.25) is 4.90 Å². The van der Waals surface area contributed by atoms with Gasteiger partial charge in [0.05, 0.1) is 23.6 Å². The summed E-state index contributed by atoms with van der Waals surface area (Å²) in [6, 6.07) is 12.3. The number of nitrogens with one attached hydrogen (secondary N) is 2. The van der Waals surface area contributed by atoms with E-state index in [9.17, 15) is 23.1 Å². The standard InChI is InChI=1S/C32H35F3N6O3/c1-3-39-10-12-40(13-11-39)17-21-4-5-23(16-27(21)32(33,34)35)38-31(43)41-18-22-15-24(6-7-25(22)28(42)19-41)44-29-8-9-36-30-26(29)14-20(2)37-30/h4-9,14-16,28,42H,3,10-13,17-19H2,1-2H3,(H,36,37)(H,38,43). The predicted octanol–water partition coefficient (Wildman–Crippen LogP) is 5.90. The average molecular weight is 609 g/mol. The zero-order valence-electron chi connectivity index (χ0n) is 24.6. The lowest BCUT2D eigenvalue weighted by molar-refractivity contribution is -0.138. The molecule has 4 heterocycles. The molecule has 2 aromatic heterocycles. The summed E-state index contributed by atoms with van der Waals surface area (Å²) in [4.78, 5) is 26.4. The lowest BCUT2D eigenvalue weighted by atomic mass is 9.97. The summed E-state index contributed by atoms with van der Waals surface area (Å²) in [6.45, 7) is 8.32. The maximum atomic E-state index is 14.1. The highest BCUT2D eigenvalue weighted by atomic mass is 19.4. The molecule has 2 amide bonds. The second kappa shape index (κ2) is 12.1. The van der Waals surface area contributed by atoms with Crippen LogP contribution in [-0.2, 0) is 19.3 Å². The van der Waals surface area contributed by atoms with Gasteiger partial charge in [0.1, 0.15) is 17.1 Å². The van der Waals surface area contributed by atoms with Gasteiger partial charge in [-0.15, -0.1) is 0 Å². The minimum absolute atomic E-state index is 0.000586. The van der Waals surface area contributed by atoms with Gasteiger partial charge >= 0.3 is 12.2 Å². The summed E-state index contributed by atoms with van der Waals surface area (Å²) >= 11 is 0. The Balaban J connectivity index is 1.16. The van der Waals surface area contributed by atoms with Gasteiger partial charge in [0, 0.05) is 56.8 Å². The first kappa shape index (κ1) is 29.9. The number of pyridine rings is 1. The summed E-state index contributed by atoms with van der Waals surface area (Å²) in [5, 5.41) is 14.3. The third-order valence-electron chi connectivity index (χ3n) is 8.34. The number of piperazine rings is 1. The molecular formula is C32H35F3N6O3. The van der Waals surface area contributed by atoms with E-state index >= 15 is 0 Å². The molecule has 0 saturated carbocycles. The van der Waals surface area contributed by atoms with Gasteiger partial charge in [-0.2, -0.15) is 13.2 Å². The number of benzene rings is 2. The zero-order chi connectivity index (χ0) is 31.0. The third kappa shape index (κ3) is 6.37. The van der Waals surface area contributed by atoms with E-state index in [0.29, 0.717) is 41.4 Å². The number of hydrogen-bond acceptors (Lipinski definition) is 6. The number of β-amino-alcohol motifs (C(OH)–C–C–N with tert-alkyl or cyclic N) is 1. The predicted molar refractivity (Wildman–Crippen MR) is 161 cm³/mol. The maximum absolute atomic E-state index is 14.1. The van der Waals surface area contributed by atoms with Gasteiger partial charge in [0.25, 0.3) is 0 Å². The van der Waals surface area contributed by atoms with E-state index in [1.165, 1.54) is 17.0 Å². The first-order chi connectivity index (χ1) is 21.1. The number of rotatable bonds is 6. The van der Waals surface area contributed by atoms with Crippen molar-refractivity contribution in [3.05, 3.63) is 82.7 Å². The van der Waals surface area contributed by atoms with Crippen molar-refractivity contribution < 1.29 is 27.8 Å². The van der Waals surface area contributed by atoms with Crippen LogP contribution in [0.3, 0.4) is 0 Å². The number of likely N-dealkylation sites (N-methyl/N-ethyl adjacent to an activating group) is 1. The smallest absolute Gasteiger partial charge is 0.416 e. The van der Waals surface area contributed by atoms with Crippen LogP contribution in [0.5, 0.6) is 11.5 Å². The Kier molecular flexibility index (Phi) is 8.23. The lowest BCUT2D eigenvalue weighted by Gasteiger charge is -2.34. The number of fused-ring (bicyclic) bond motifs is 2. The minimum Gasteiger partial charge on any atom is -0.457 e. The number of ether oxygens (including phenoxy) is 1. The Morgan fingerprint density at radius 1 is 1.09 bits per heavy atom. The van der Waals surface area contributed by atoms with Crippen LogP contribution >= 0.6 is 0 Å². The summed E-state index contributed by atoms with van der Waals surface area (Å²) in [7, 11) is 0. The van der Waals surface area contributed by atoms with Crippen LogP contribution in [0.2, 0.25) is 0 Å². The maximum Gasteiger partial charge on any atom is 0.416 e. The second-order valence-electron chi connectivity index (χ2n) is 11.4. The van der Waals surface area contributed by atoms with Crippen LogP contribution in [0.4, 0.5) is 23.7 Å². The summed E-state index contributed by atoms with van der Waals surface area (Å²) in [6.07, 6.45) is -3.89.